The second kappa shape index (κ2) is 6.34. The molecule has 2 rings (SSSR count). The van der Waals surface area contributed by atoms with E-state index in [4.69, 9.17) is 4.78 Å². The summed E-state index contributed by atoms with van der Waals surface area (Å²) in [4.78, 5) is 3.26. The first-order valence-electron chi connectivity index (χ1n) is 6.32. The van der Waals surface area contributed by atoms with E-state index in [1.54, 1.807) is 11.0 Å². The van der Waals surface area contributed by atoms with Gasteiger partial charge in [-0.3, -0.25) is 4.68 Å². The number of nitrogens with one attached hydrogen (secondary N) is 2. The van der Waals surface area contributed by atoms with Crippen LogP contribution in [0.2, 0.25) is 0 Å². The fraction of sp³-hybridized carbons (Fsp3) is 0.333. The zero-order chi connectivity index (χ0) is 16.2. The van der Waals surface area contributed by atoms with Crippen molar-refractivity contribution in [2.45, 2.75) is 23.4 Å². The van der Waals surface area contributed by atoms with Gasteiger partial charge in [-0.2, -0.15) is 18.3 Å². The number of halogens is 3. The van der Waals surface area contributed by atoms with Gasteiger partial charge in [-0.1, -0.05) is 0 Å². The fourth-order valence-corrected chi connectivity index (χ4v) is 2.51. The van der Waals surface area contributed by atoms with Gasteiger partial charge in [-0.25, -0.2) is 14.0 Å². The van der Waals surface area contributed by atoms with E-state index in [2.05, 4.69) is 15.4 Å². The maximum Gasteiger partial charge on any atom is 0.483 e. The summed E-state index contributed by atoms with van der Waals surface area (Å²) in [6, 6.07) is 4.88. The third kappa shape index (κ3) is 3.75. The molecule has 0 bridgehead atoms. The monoisotopic (exact) mass is 333 g/mol. The second-order valence-electron chi connectivity index (χ2n) is 4.47. The Bertz CT molecular complexity index is 695. The Morgan fingerprint density at radius 3 is 2.50 bits per heavy atom. The molecule has 22 heavy (non-hydrogen) atoms. The topological polar surface area (TPSA) is 83.7 Å². The molecular formula is C12H14F3N5OS. The number of hydrogen-bond donors (Lipinski definition) is 2. The van der Waals surface area contributed by atoms with Crippen molar-refractivity contribution in [2.75, 3.05) is 11.9 Å². The number of aromatic nitrogens is 3. The molecule has 0 aliphatic rings. The summed E-state index contributed by atoms with van der Waals surface area (Å²) >= 11 is 0. The first kappa shape index (κ1) is 16.3. The van der Waals surface area contributed by atoms with E-state index in [1.807, 2.05) is 0 Å². The van der Waals surface area contributed by atoms with Crippen molar-refractivity contribution in [3.8, 4) is 0 Å². The van der Waals surface area contributed by atoms with Crippen LogP contribution in [0.25, 0.3) is 0 Å². The Morgan fingerprint density at radius 2 is 1.95 bits per heavy atom. The third-order valence-corrected chi connectivity index (χ3v) is 4.46. The van der Waals surface area contributed by atoms with Gasteiger partial charge < -0.3 is 5.32 Å². The minimum absolute atomic E-state index is 0.548. The maximum atomic E-state index is 12.5. The van der Waals surface area contributed by atoms with Gasteiger partial charge in [-0.05, 0) is 30.7 Å². The van der Waals surface area contributed by atoms with Crippen LogP contribution in [0.15, 0.2) is 41.8 Å². The van der Waals surface area contributed by atoms with E-state index in [-0.39, 0.29) is 0 Å². The van der Waals surface area contributed by atoms with E-state index in [0.717, 1.165) is 18.6 Å². The summed E-state index contributed by atoms with van der Waals surface area (Å²) in [6.45, 7) is 1.26. The molecule has 0 radical (unpaired) electrons. The molecule has 2 aromatic rings. The molecule has 120 valence electrons. The average Bonchev–Trinajstić information content (AvgIpc) is 2.96. The molecule has 0 saturated heterocycles. The van der Waals surface area contributed by atoms with Crippen LogP contribution < -0.4 is 5.32 Å². The molecular weight excluding hydrogens is 319 g/mol. The molecule has 10 heteroatoms. The lowest BCUT2D eigenvalue weighted by molar-refractivity contribution is -0.0406. The van der Waals surface area contributed by atoms with E-state index < -0.39 is 20.1 Å². The average molecular weight is 333 g/mol. The summed E-state index contributed by atoms with van der Waals surface area (Å²) in [6.07, 6.45) is 3.78. The molecule has 1 unspecified atom stereocenters. The Hall–Kier alpha value is -2.10. The van der Waals surface area contributed by atoms with Crippen LogP contribution in [0.5, 0.6) is 0 Å². The number of benzene rings is 1. The van der Waals surface area contributed by atoms with Crippen molar-refractivity contribution >= 4 is 15.4 Å². The molecule has 0 aliphatic carbocycles. The molecule has 0 saturated carbocycles. The lowest BCUT2D eigenvalue weighted by atomic mass is 10.3. The summed E-state index contributed by atoms with van der Waals surface area (Å²) in [5.41, 5.74) is -4.47. The van der Waals surface area contributed by atoms with Crippen molar-refractivity contribution in [1.29, 1.82) is 4.78 Å². The van der Waals surface area contributed by atoms with Crippen LogP contribution in [-0.2, 0) is 16.3 Å². The number of nitrogens with zero attached hydrogens (tertiary/aromatic N) is 3. The number of rotatable bonds is 6. The van der Waals surface area contributed by atoms with Gasteiger partial charge in [0.05, 0.1) is 4.90 Å². The van der Waals surface area contributed by atoms with Gasteiger partial charge >= 0.3 is 5.51 Å². The highest BCUT2D eigenvalue weighted by Gasteiger charge is 2.43. The van der Waals surface area contributed by atoms with Crippen LogP contribution in [0, 0.1) is 4.78 Å². The van der Waals surface area contributed by atoms with Gasteiger partial charge in [0.15, 0.2) is 9.73 Å². The molecule has 0 amide bonds. The largest absolute Gasteiger partial charge is 0.483 e. The molecule has 1 heterocycles. The highest BCUT2D eigenvalue weighted by atomic mass is 32.2. The van der Waals surface area contributed by atoms with E-state index in [0.29, 0.717) is 18.8 Å². The van der Waals surface area contributed by atoms with E-state index in [1.165, 1.54) is 18.5 Å². The van der Waals surface area contributed by atoms with Crippen molar-refractivity contribution < 1.29 is 17.4 Å². The summed E-state index contributed by atoms with van der Waals surface area (Å²) in [5.74, 6) is 0. The smallest absolute Gasteiger partial charge is 0.385 e. The van der Waals surface area contributed by atoms with Crippen LogP contribution in [0.3, 0.4) is 0 Å². The van der Waals surface area contributed by atoms with Gasteiger partial charge in [0.1, 0.15) is 12.7 Å². The second-order valence-corrected chi connectivity index (χ2v) is 6.51. The maximum absolute atomic E-state index is 12.5. The van der Waals surface area contributed by atoms with Gasteiger partial charge in [0.25, 0.3) is 0 Å². The Balaban J connectivity index is 1.90. The first-order chi connectivity index (χ1) is 10.3. The molecule has 0 spiro atoms. The van der Waals surface area contributed by atoms with Crippen LogP contribution in [0.1, 0.15) is 6.42 Å². The molecule has 6 nitrogen and oxygen atoms in total. The predicted octanol–water partition coefficient (Wildman–Crippen LogP) is 2.71. The van der Waals surface area contributed by atoms with Gasteiger partial charge in [0, 0.05) is 18.8 Å². The highest BCUT2D eigenvalue weighted by molar-refractivity contribution is 7.93. The number of hydrogen-bond acceptors (Lipinski definition) is 5. The zero-order valence-corrected chi connectivity index (χ0v) is 12.2. The molecule has 1 aromatic carbocycles. The normalized spacial score (nSPS) is 14.5. The fourth-order valence-electron chi connectivity index (χ4n) is 1.72. The molecule has 1 aromatic heterocycles. The van der Waals surface area contributed by atoms with Gasteiger partial charge in [0.2, 0.25) is 0 Å². The Labute approximate surface area is 125 Å². The zero-order valence-electron chi connectivity index (χ0n) is 11.4. The highest BCUT2D eigenvalue weighted by Crippen LogP contribution is 2.31. The number of anilines is 1. The van der Waals surface area contributed by atoms with Crippen molar-refractivity contribution in [1.82, 2.24) is 14.8 Å². The SMILES string of the molecule is N=S(=O)(c1ccc(NCCCn2cncn2)cc1)C(F)(F)F. The predicted molar refractivity (Wildman–Crippen MR) is 74.8 cm³/mol. The van der Waals surface area contributed by atoms with Crippen LogP contribution in [0.4, 0.5) is 18.9 Å². The Kier molecular flexibility index (Phi) is 4.69. The number of alkyl halides is 3. The summed E-state index contributed by atoms with van der Waals surface area (Å²) in [7, 11) is -4.79. The molecule has 1 atom stereocenters. The first-order valence-corrected chi connectivity index (χ1v) is 7.88. The van der Waals surface area contributed by atoms with Crippen LogP contribution in [-0.4, -0.2) is 31.0 Å². The molecule has 0 fully saturated rings. The van der Waals surface area contributed by atoms with Crippen molar-refractivity contribution in [3.63, 3.8) is 0 Å². The molecule has 0 aliphatic heterocycles. The standard InChI is InChI=1S/C12H14F3N5OS/c13-12(14,15)22(16,21)11-4-2-10(3-5-11)18-6-1-7-20-9-17-8-19-20/h2-5,8-9,16,18H,1,6-7H2. The van der Waals surface area contributed by atoms with E-state index >= 15 is 0 Å². The van der Waals surface area contributed by atoms with Gasteiger partial charge in [-0.15, -0.1) is 0 Å². The lowest BCUT2D eigenvalue weighted by Crippen LogP contribution is -2.21. The third-order valence-electron chi connectivity index (χ3n) is 2.87. The van der Waals surface area contributed by atoms with Crippen molar-refractivity contribution in [2.24, 2.45) is 0 Å². The quantitative estimate of drug-likeness (QED) is 0.796. The Morgan fingerprint density at radius 1 is 1.27 bits per heavy atom. The minimum atomic E-state index is -5.07. The van der Waals surface area contributed by atoms with Crippen LogP contribution >= 0.6 is 0 Å². The van der Waals surface area contributed by atoms with E-state index in [9.17, 15) is 17.4 Å². The summed E-state index contributed by atoms with van der Waals surface area (Å²) in [5, 5.41) is 6.97. The molecule has 2 N–H and O–H groups in total. The summed E-state index contributed by atoms with van der Waals surface area (Å²) < 4.78 is 57.6. The lowest BCUT2D eigenvalue weighted by Gasteiger charge is -2.12. The number of aryl methyl sites for hydroxylation is 1. The van der Waals surface area contributed by atoms with Crippen molar-refractivity contribution in [3.05, 3.63) is 36.9 Å². The minimum Gasteiger partial charge on any atom is -0.385 e.